The Morgan fingerprint density at radius 1 is 1.43 bits per heavy atom. The Morgan fingerprint density at radius 2 is 1.93 bits per heavy atom. The smallest absolute Gasteiger partial charge is 0.312 e. The zero-order valence-corrected chi connectivity index (χ0v) is 8.72. The summed E-state index contributed by atoms with van der Waals surface area (Å²) in [5, 5.41) is 9.54. The number of nitrogens with two attached hydrogens (primary N) is 1. The molecule has 0 aliphatic rings. The van der Waals surface area contributed by atoms with Crippen molar-refractivity contribution in [3.8, 4) is 0 Å². The number of carbonyl (C=O) groups is 1. The topological polar surface area (TPSA) is 63.3 Å². The van der Waals surface area contributed by atoms with Crippen LogP contribution in [0, 0.1) is 0 Å². The summed E-state index contributed by atoms with van der Waals surface area (Å²) in [4.78, 5) is 10.8. The van der Waals surface area contributed by atoms with Gasteiger partial charge in [0.25, 0.3) is 0 Å². The van der Waals surface area contributed by atoms with Crippen LogP contribution in [0.4, 0.5) is 0 Å². The molecular formula is C9H9Cl2NO2. The second-order valence-electron chi connectivity index (χ2n) is 2.76. The van der Waals surface area contributed by atoms with E-state index in [0.29, 0.717) is 15.6 Å². The van der Waals surface area contributed by atoms with Gasteiger partial charge >= 0.3 is 5.97 Å². The minimum atomic E-state index is -1.03. The number of hydrogen-bond donors (Lipinski definition) is 2. The number of rotatable bonds is 3. The summed E-state index contributed by atoms with van der Waals surface area (Å²) < 4.78 is 0. The summed E-state index contributed by atoms with van der Waals surface area (Å²) in [6, 6.07) is 4.84. The Labute approximate surface area is 91.4 Å². The van der Waals surface area contributed by atoms with Crippen molar-refractivity contribution in [3.63, 3.8) is 0 Å². The van der Waals surface area contributed by atoms with E-state index >= 15 is 0 Å². The molecule has 0 aromatic heterocycles. The van der Waals surface area contributed by atoms with Crippen LogP contribution in [0.15, 0.2) is 18.2 Å². The summed E-state index contributed by atoms with van der Waals surface area (Å²) >= 11 is 11.7. The van der Waals surface area contributed by atoms with Crippen molar-refractivity contribution in [1.29, 1.82) is 0 Å². The molecule has 0 saturated carbocycles. The lowest BCUT2D eigenvalue weighted by atomic mass is 9.99. The van der Waals surface area contributed by atoms with Gasteiger partial charge < -0.3 is 10.8 Å². The van der Waals surface area contributed by atoms with Crippen molar-refractivity contribution in [2.75, 3.05) is 6.54 Å². The molecule has 5 heteroatoms. The van der Waals surface area contributed by atoms with E-state index in [4.69, 9.17) is 34.0 Å². The molecule has 0 aliphatic heterocycles. The lowest BCUT2D eigenvalue weighted by Crippen LogP contribution is -2.21. The van der Waals surface area contributed by atoms with Gasteiger partial charge in [0.2, 0.25) is 0 Å². The maximum atomic E-state index is 10.8. The van der Waals surface area contributed by atoms with Crippen LogP contribution < -0.4 is 5.73 Å². The van der Waals surface area contributed by atoms with Gasteiger partial charge in [0.05, 0.1) is 5.92 Å². The number of hydrogen-bond acceptors (Lipinski definition) is 2. The quantitative estimate of drug-likeness (QED) is 0.841. The third kappa shape index (κ3) is 2.18. The van der Waals surface area contributed by atoms with E-state index in [1.54, 1.807) is 18.2 Å². The predicted molar refractivity (Wildman–Crippen MR) is 55.9 cm³/mol. The van der Waals surface area contributed by atoms with Gasteiger partial charge in [-0.05, 0) is 12.1 Å². The minimum Gasteiger partial charge on any atom is -0.481 e. The molecular weight excluding hydrogens is 225 g/mol. The lowest BCUT2D eigenvalue weighted by molar-refractivity contribution is -0.138. The van der Waals surface area contributed by atoms with Gasteiger partial charge in [-0.25, -0.2) is 0 Å². The summed E-state index contributed by atoms with van der Waals surface area (Å²) in [7, 11) is 0. The zero-order chi connectivity index (χ0) is 10.7. The average Bonchev–Trinajstić information content (AvgIpc) is 2.10. The number of benzene rings is 1. The SMILES string of the molecule is NCC(C(=O)O)c1c(Cl)cccc1Cl. The van der Waals surface area contributed by atoms with E-state index in [0.717, 1.165) is 0 Å². The van der Waals surface area contributed by atoms with E-state index in [9.17, 15) is 4.79 Å². The first-order valence-corrected chi connectivity index (χ1v) is 4.70. The molecule has 1 aromatic carbocycles. The monoisotopic (exact) mass is 233 g/mol. The molecule has 76 valence electrons. The summed E-state index contributed by atoms with van der Waals surface area (Å²) in [6.07, 6.45) is 0. The molecule has 3 N–H and O–H groups in total. The van der Waals surface area contributed by atoms with Crippen molar-refractivity contribution in [2.45, 2.75) is 5.92 Å². The third-order valence-electron chi connectivity index (χ3n) is 1.88. The average molecular weight is 234 g/mol. The molecule has 0 amide bonds. The summed E-state index contributed by atoms with van der Waals surface area (Å²) in [5.41, 5.74) is 5.73. The molecule has 14 heavy (non-hydrogen) atoms. The molecule has 1 atom stereocenters. The first kappa shape index (κ1) is 11.3. The van der Waals surface area contributed by atoms with Crippen molar-refractivity contribution in [2.24, 2.45) is 5.73 Å². The standard InChI is InChI=1S/C9H9Cl2NO2/c10-6-2-1-3-7(11)8(6)5(4-12)9(13)14/h1-3,5H,4,12H2,(H,13,14). The van der Waals surface area contributed by atoms with Gasteiger partial charge in [-0.3, -0.25) is 4.79 Å². The first-order valence-electron chi connectivity index (χ1n) is 3.94. The molecule has 0 saturated heterocycles. The maximum Gasteiger partial charge on any atom is 0.312 e. The van der Waals surface area contributed by atoms with Gasteiger partial charge in [-0.15, -0.1) is 0 Å². The van der Waals surface area contributed by atoms with Crippen LogP contribution in [-0.2, 0) is 4.79 Å². The van der Waals surface area contributed by atoms with Crippen molar-refractivity contribution >= 4 is 29.2 Å². The molecule has 0 aliphatic carbocycles. The fourth-order valence-corrected chi connectivity index (χ4v) is 1.85. The Morgan fingerprint density at radius 3 is 2.29 bits per heavy atom. The van der Waals surface area contributed by atoms with Crippen LogP contribution in [0.3, 0.4) is 0 Å². The van der Waals surface area contributed by atoms with Crippen LogP contribution in [-0.4, -0.2) is 17.6 Å². The molecule has 1 unspecified atom stereocenters. The maximum absolute atomic E-state index is 10.8. The van der Waals surface area contributed by atoms with Crippen molar-refractivity contribution in [3.05, 3.63) is 33.8 Å². The van der Waals surface area contributed by atoms with E-state index in [1.807, 2.05) is 0 Å². The van der Waals surface area contributed by atoms with Crippen LogP contribution >= 0.6 is 23.2 Å². The number of aliphatic carboxylic acids is 1. The van der Waals surface area contributed by atoms with Crippen LogP contribution in [0.5, 0.6) is 0 Å². The minimum absolute atomic E-state index is 0.0290. The Kier molecular flexibility index (Phi) is 3.75. The molecule has 1 aromatic rings. The van der Waals surface area contributed by atoms with Crippen LogP contribution in [0.1, 0.15) is 11.5 Å². The van der Waals surface area contributed by atoms with Gasteiger partial charge in [-0.2, -0.15) is 0 Å². The summed E-state index contributed by atoms with van der Waals surface area (Å²) in [6.45, 7) is -0.0290. The molecule has 0 radical (unpaired) electrons. The number of halogens is 2. The predicted octanol–water partition coefficient (Wildman–Crippen LogP) is 2.12. The highest BCUT2D eigenvalue weighted by molar-refractivity contribution is 6.36. The van der Waals surface area contributed by atoms with E-state index in [2.05, 4.69) is 0 Å². The second-order valence-corrected chi connectivity index (χ2v) is 3.58. The van der Waals surface area contributed by atoms with E-state index in [1.165, 1.54) is 0 Å². The first-order chi connectivity index (χ1) is 6.57. The van der Waals surface area contributed by atoms with Gasteiger partial charge in [0, 0.05) is 22.2 Å². The highest BCUT2D eigenvalue weighted by atomic mass is 35.5. The Bertz CT molecular complexity index is 334. The largest absolute Gasteiger partial charge is 0.481 e. The fraction of sp³-hybridized carbons (Fsp3) is 0.222. The number of carboxylic acid groups (broad SMARTS) is 1. The van der Waals surface area contributed by atoms with E-state index in [-0.39, 0.29) is 6.54 Å². The Hall–Kier alpha value is -0.770. The molecule has 1 rings (SSSR count). The van der Waals surface area contributed by atoms with E-state index < -0.39 is 11.9 Å². The van der Waals surface area contributed by atoms with Gasteiger partial charge in [-0.1, -0.05) is 29.3 Å². The molecule has 0 bridgehead atoms. The van der Waals surface area contributed by atoms with Crippen LogP contribution in [0.2, 0.25) is 10.0 Å². The molecule has 0 spiro atoms. The molecule has 3 nitrogen and oxygen atoms in total. The second kappa shape index (κ2) is 4.64. The highest BCUT2D eigenvalue weighted by Gasteiger charge is 2.23. The normalized spacial score (nSPS) is 12.5. The zero-order valence-electron chi connectivity index (χ0n) is 7.21. The molecule has 0 heterocycles. The third-order valence-corrected chi connectivity index (χ3v) is 2.54. The fourth-order valence-electron chi connectivity index (χ4n) is 1.19. The van der Waals surface area contributed by atoms with Gasteiger partial charge in [0.15, 0.2) is 0 Å². The van der Waals surface area contributed by atoms with Gasteiger partial charge in [0.1, 0.15) is 0 Å². The van der Waals surface area contributed by atoms with Crippen LogP contribution in [0.25, 0.3) is 0 Å². The molecule has 0 fully saturated rings. The summed E-state index contributed by atoms with van der Waals surface area (Å²) in [5.74, 6) is -1.88. The number of carboxylic acids is 1. The van der Waals surface area contributed by atoms with Crippen molar-refractivity contribution < 1.29 is 9.90 Å². The Balaban J connectivity index is 3.22. The lowest BCUT2D eigenvalue weighted by Gasteiger charge is -2.13. The van der Waals surface area contributed by atoms with Crippen molar-refractivity contribution in [1.82, 2.24) is 0 Å². The highest BCUT2D eigenvalue weighted by Crippen LogP contribution is 2.31.